The normalized spacial score (nSPS) is 19.0. The molecule has 3 rings (SSSR count). The lowest BCUT2D eigenvalue weighted by molar-refractivity contribution is -0.122. The first-order chi connectivity index (χ1) is 14.0. The van der Waals surface area contributed by atoms with E-state index >= 15 is 0 Å². The molecule has 1 aliphatic heterocycles. The SMILES string of the molecule is CCNC(=NCC(C)Oc1ccc(C)cc1)N1CCN(CC(=O)NC2CC2)CC1. The lowest BCUT2D eigenvalue weighted by atomic mass is 10.2. The fraction of sp³-hybridized carbons (Fsp3) is 0.636. The topological polar surface area (TPSA) is 69.2 Å². The summed E-state index contributed by atoms with van der Waals surface area (Å²) >= 11 is 0. The number of aryl methyl sites for hydroxylation is 1. The lowest BCUT2D eigenvalue weighted by Crippen LogP contribution is -2.54. The van der Waals surface area contributed by atoms with Gasteiger partial charge >= 0.3 is 0 Å². The first kappa shape index (κ1) is 21.4. The van der Waals surface area contributed by atoms with Crippen molar-refractivity contribution < 1.29 is 9.53 Å². The van der Waals surface area contributed by atoms with Gasteiger partial charge in [0.15, 0.2) is 5.96 Å². The fourth-order valence-electron chi connectivity index (χ4n) is 3.35. The van der Waals surface area contributed by atoms with E-state index in [0.717, 1.165) is 57.3 Å². The number of nitrogens with one attached hydrogen (secondary N) is 2. The molecule has 1 amide bonds. The highest BCUT2D eigenvalue weighted by atomic mass is 16.5. The van der Waals surface area contributed by atoms with E-state index in [4.69, 9.17) is 9.73 Å². The Hall–Kier alpha value is -2.28. The summed E-state index contributed by atoms with van der Waals surface area (Å²) < 4.78 is 5.98. The molecular weight excluding hydrogens is 366 g/mol. The van der Waals surface area contributed by atoms with Crippen molar-refractivity contribution in [2.45, 2.75) is 45.8 Å². The number of nitrogens with zero attached hydrogens (tertiary/aromatic N) is 3. The lowest BCUT2D eigenvalue weighted by Gasteiger charge is -2.36. The standard InChI is InChI=1S/C22H35N5O2/c1-4-23-22(24-15-18(3)29-20-9-5-17(2)6-10-20)27-13-11-26(12-14-27)16-21(28)25-19-7-8-19/h5-6,9-10,18-19H,4,7-8,11-16H2,1-3H3,(H,23,24)(H,25,28). The van der Waals surface area contributed by atoms with Gasteiger partial charge in [-0.2, -0.15) is 0 Å². The van der Waals surface area contributed by atoms with Gasteiger partial charge in [-0.1, -0.05) is 17.7 Å². The van der Waals surface area contributed by atoms with Crippen molar-refractivity contribution in [3.05, 3.63) is 29.8 Å². The molecule has 1 atom stereocenters. The van der Waals surface area contributed by atoms with E-state index in [9.17, 15) is 4.79 Å². The number of amides is 1. The van der Waals surface area contributed by atoms with Gasteiger partial charge in [-0.25, -0.2) is 4.99 Å². The Morgan fingerprint density at radius 2 is 1.90 bits per heavy atom. The molecule has 0 bridgehead atoms. The quantitative estimate of drug-likeness (QED) is 0.512. The number of piperazine rings is 1. The zero-order valence-electron chi connectivity index (χ0n) is 18.0. The van der Waals surface area contributed by atoms with Crippen LogP contribution in [-0.2, 0) is 4.79 Å². The molecule has 29 heavy (non-hydrogen) atoms. The van der Waals surface area contributed by atoms with Crippen LogP contribution in [0.15, 0.2) is 29.3 Å². The number of benzene rings is 1. The largest absolute Gasteiger partial charge is 0.489 e. The summed E-state index contributed by atoms with van der Waals surface area (Å²) in [7, 11) is 0. The van der Waals surface area contributed by atoms with Crippen molar-refractivity contribution in [3.63, 3.8) is 0 Å². The number of ether oxygens (including phenoxy) is 1. The highest BCUT2D eigenvalue weighted by Crippen LogP contribution is 2.18. The summed E-state index contributed by atoms with van der Waals surface area (Å²) in [6.45, 7) is 11.6. The molecule has 1 aromatic carbocycles. The highest BCUT2D eigenvalue weighted by Gasteiger charge is 2.26. The summed E-state index contributed by atoms with van der Waals surface area (Å²) in [5.41, 5.74) is 1.22. The van der Waals surface area contributed by atoms with Crippen LogP contribution >= 0.6 is 0 Å². The maximum Gasteiger partial charge on any atom is 0.234 e. The minimum Gasteiger partial charge on any atom is -0.489 e. The van der Waals surface area contributed by atoms with Crippen molar-refractivity contribution in [1.82, 2.24) is 20.4 Å². The third-order valence-electron chi connectivity index (χ3n) is 5.17. The van der Waals surface area contributed by atoms with Crippen molar-refractivity contribution in [1.29, 1.82) is 0 Å². The monoisotopic (exact) mass is 401 g/mol. The predicted molar refractivity (Wildman–Crippen MR) is 116 cm³/mol. The van der Waals surface area contributed by atoms with Crippen LogP contribution in [0.4, 0.5) is 0 Å². The predicted octanol–water partition coefficient (Wildman–Crippen LogP) is 1.62. The molecule has 1 saturated carbocycles. The first-order valence-electron chi connectivity index (χ1n) is 10.8. The number of hydrogen-bond acceptors (Lipinski definition) is 4. The molecule has 2 aliphatic rings. The van der Waals surface area contributed by atoms with Gasteiger partial charge < -0.3 is 20.3 Å². The molecule has 2 N–H and O–H groups in total. The fourth-order valence-corrected chi connectivity index (χ4v) is 3.35. The smallest absolute Gasteiger partial charge is 0.234 e. The van der Waals surface area contributed by atoms with E-state index in [2.05, 4.69) is 46.4 Å². The molecular formula is C22H35N5O2. The number of carbonyl (C=O) groups is 1. The second-order valence-electron chi connectivity index (χ2n) is 8.04. The van der Waals surface area contributed by atoms with Gasteiger partial charge in [0, 0.05) is 38.8 Å². The molecule has 1 saturated heterocycles. The Morgan fingerprint density at radius 3 is 2.52 bits per heavy atom. The van der Waals surface area contributed by atoms with E-state index < -0.39 is 0 Å². The van der Waals surface area contributed by atoms with Crippen LogP contribution in [0.1, 0.15) is 32.3 Å². The molecule has 1 unspecified atom stereocenters. The van der Waals surface area contributed by atoms with Crippen molar-refractivity contribution in [2.24, 2.45) is 4.99 Å². The van der Waals surface area contributed by atoms with Crippen LogP contribution in [0.2, 0.25) is 0 Å². The molecule has 7 heteroatoms. The Kier molecular flexibility index (Phi) is 7.75. The van der Waals surface area contributed by atoms with E-state index in [1.54, 1.807) is 0 Å². The highest BCUT2D eigenvalue weighted by molar-refractivity contribution is 5.80. The number of aliphatic imine (C=N–C) groups is 1. The van der Waals surface area contributed by atoms with E-state index in [1.807, 2.05) is 19.1 Å². The van der Waals surface area contributed by atoms with Crippen molar-refractivity contribution in [3.8, 4) is 5.75 Å². The van der Waals surface area contributed by atoms with Gasteiger partial charge in [-0.3, -0.25) is 9.69 Å². The van der Waals surface area contributed by atoms with Gasteiger partial charge in [0.05, 0.1) is 13.1 Å². The third-order valence-corrected chi connectivity index (χ3v) is 5.17. The Labute approximate surface area is 174 Å². The molecule has 2 fully saturated rings. The van der Waals surface area contributed by atoms with E-state index in [1.165, 1.54) is 5.56 Å². The van der Waals surface area contributed by atoms with Gasteiger partial charge in [-0.05, 0) is 45.7 Å². The summed E-state index contributed by atoms with van der Waals surface area (Å²) in [5, 5.41) is 6.46. The number of hydrogen-bond donors (Lipinski definition) is 2. The van der Waals surface area contributed by atoms with Crippen molar-refractivity contribution >= 4 is 11.9 Å². The molecule has 1 heterocycles. The number of guanidine groups is 1. The van der Waals surface area contributed by atoms with Gasteiger partial charge in [0.25, 0.3) is 0 Å². The minimum absolute atomic E-state index is 0.00114. The van der Waals surface area contributed by atoms with E-state index in [-0.39, 0.29) is 12.0 Å². The second kappa shape index (κ2) is 10.5. The van der Waals surface area contributed by atoms with Crippen LogP contribution in [0.5, 0.6) is 5.75 Å². The Morgan fingerprint density at radius 1 is 1.21 bits per heavy atom. The third kappa shape index (κ3) is 7.24. The second-order valence-corrected chi connectivity index (χ2v) is 8.04. The molecule has 0 aromatic heterocycles. The summed E-state index contributed by atoms with van der Waals surface area (Å²) in [4.78, 5) is 21.3. The zero-order chi connectivity index (χ0) is 20.6. The van der Waals surface area contributed by atoms with Gasteiger partial charge in [0.2, 0.25) is 5.91 Å². The molecule has 0 spiro atoms. The first-order valence-corrected chi connectivity index (χ1v) is 10.8. The Bertz CT molecular complexity index is 679. The van der Waals surface area contributed by atoms with Crippen LogP contribution in [0, 0.1) is 6.92 Å². The number of rotatable bonds is 8. The molecule has 160 valence electrons. The van der Waals surface area contributed by atoms with Gasteiger partial charge in [0.1, 0.15) is 11.9 Å². The molecule has 1 aliphatic carbocycles. The summed E-state index contributed by atoms with van der Waals surface area (Å²) in [6, 6.07) is 8.54. The van der Waals surface area contributed by atoms with E-state index in [0.29, 0.717) is 19.1 Å². The maximum atomic E-state index is 12.0. The van der Waals surface area contributed by atoms with Crippen LogP contribution in [0.3, 0.4) is 0 Å². The van der Waals surface area contributed by atoms with Crippen molar-refractivity contribution in [2.75, 3.05) is 45.8 Å². The minimum atomic E-state index is -0.00114. The molecule has 7 nitrogen and oxygen atoms in total. The average molecular weight is 402 g/mol. The Balaban J connectivity index is 1.45. The molecule has 1 aromatic rings. The van der Waals surface area contributed by atoms with Crippen LogP contribution in [0.25, 0.3) is 0 Å². The average Bonchev–Trinajstić information content (AvgIpc) is 3.51. The van der Waals surface area contributed by atoms with Crippen LogP contribution < -0.4 is 15.4 Å². The molecule has 0 radical (unpaired) electrons. The summed E-state index contributed by atoms with van der Waals surface area (Å²) in [6.07, 6.45) is 2.26. The zero-order valence-corrected chi connectivity index (χ0v) is 18.0. The maximum absolute atomic E-state index is 12.0. The number of carbonyl (C=O) groups excluding carboxylic acids is 1. The summed E-state index contributed by atoms with van der Waals surface area (Å²) in [5.74, 6) is 1.96. The van der Waals surface area contributed by atoms with Crippen LogP contribution in [-0.4, -0.2) is 79.6 Å². The van der Waals surface area contributed by atoms with Gasteiger partial charge in [-0.15, -0.1) is 0 Å².